The summed E-state index contributed by atoms with van der Waals surface area (Å²) in [6.07, 6.45) is 1.34. The first-order valence-corrected chi connectivity index (χ1v) is 5.12. The molecule has 0 radical (unpaired) electrons. The molecule has 0 bridgehead atoms. The molecule has 0 spiro atoms. The molecule has 0 saturated carbocycles. The molecular formula is C5H4K3N4O6P. The van der Waals surface area contributed by atoms with E-state index in [-0.39, 0.29) is 165 Å². The number of imidazole rings is 1. The van der Waals surface area contributed by atoms with Gasteiger partial charge in [-0.15, -0.1) is 0 Å². The molecule has 0 aliphatic heterocycles. The maximum absolute atomic E-state index is 10.9. The van der Waals surface area contributed by atoms with Crippen molar-refractivity contribution in [1.82, 2.24) is 19.9 Å². The van der Waals surface area contributed by atoms with Crippen LogP contribution in [0.1, 0.15) is 0 Å². The van der Waals surface area contributed by atoms with E-state index in [2.05, 4.69) is 19.9 Å². The van der Waals surface area contributed by atoms with Crippen molar-refractivity contribution in [2.45, 2.75) is 0 Å². The molecule has 0 amide bonds. The number of nitrogens with one attached hydrogen (secondary N) is 3. The van der Waals surface area contributed by atoms with Gasteiger partial charge in [-0.3, -0.25) is 14.8 Å². The fourth-order valence-corrected chi connectivity index (χ4v) is 0.867. The summed E-state index contributed by atoms with van der Waals surface area (Å²) < 4.78 is 8.55. The molecule has 0 unspecified atom stereocenters. The van der Waals surface area contributed by atoms with E-state index in [1.165, 1.54) is 6.33 Å². The molecule has 0 aliphatic carbocycles. The molecular weight excluding hydrogens is 360 g/mol. The van der Waals surface area contributed by atoms with Crippen molar-refractivity contribution >= 4 is 19.0 Å². The van der Waals surface area contributed by atoms with E-state index in [0.717, 1.165) is 0 Å². The van der Waals surface area contributed by atoms with Crippen LogP contribution in [-0.2, 0) is 4.57 Å². The number of rotatable bonds is 0. The van der Waals surface area contributed by atoms with Gasteiger partial charge in [0.25, 0.3) is 5.56 Å². The number of phosphoric acid groups is 1. The van der Waals surface area contributed by atoms with E-state index in [4.69, 9.17) is 19.2 Å². The zero-order chi connectivity index (χ0) is 12.3. The van der Waals surface area contributed by atoms with E-state index in [1.807, 2.05) is 0 Å². The van der Waals surface area contributed by atoms with Gasteiger partial charge in [0, 0.05) is 0 Å². The Bertz CT molecular complexity index is 638. The standard InChI is InChI=1S/C5H4N4O2.3K.H3O4P/c10-4-2-3(7-1-6-2)8-5(11)9-4;;;;1-5(2,3)4/h1H,(H3,6,7,8,9,10,11);;;;(H3,1,2,3,4)/q;3*+1;/p-3. The number of hydrogen-bond donors (Lipinski definition) is 3. The third kappa shape index (κ3) is 12.3. The predicted molar refractivity (Wildman–Crippen MR) is 44.9 cm³/mol. The fraction of sp³-hybridized carbons (Fsp3) is 0. The Hall–Kier alpha value is 3.17. The van der Waals surface area contributed by atoms with Crippen LogP contribution in [0.25, 0.3) is 11.2 Å². The van der Waals surface area contributed by atoms with Gasteiger partial charge >= 0.3 is 160 Å². The van der Waals surface area contributed by atoms with E-state index in [9.17, 15) is 9.59 Å². The van der Waals surface area contributed by atoms with Gasteiger partial charge < -0.3 is 24.2 Å². The first-order valence-electron chi connectivity index (χ1n) is 3.66. The van der Waals surface area contributed by atoms with Gasteiger partial charge in [-0.1, -0.05) is 0 Å². The summed E-state index contributed by atoms with van der Waals surface area (Å²) >= 11 is 0. The average Bonchev–Trinajstić information content (AvgIpc) is 2.47. The monoisotopic (exact) mass is 364 g/mol. The Balaban J connectivity index is -0.000000286. The Kier molecular flexibility index (Phi) is 17.9. The van der Waals surface area contributed by atoms with Crippen LogP contribution in [0.4, 0.5) is 0 Å². The third-order valence-corrected chi connectivity index (χ3v) is 1.33. The summed E-state index contributed by atoms with van der Waals surface area (Å²) in [4.78, 5) is 57.9. The van der Waals surface area contributed by atoms with Crippen LogP contribution in [0.3, 0.4) is 0 Å². The predicted octanol–water partition coefficient (Wildman–Crippen LogP) is -12.9. The largest absolute Gasteiger partial charge is 1.00 e. The molecule has 0 aliphatic rings. The number of hydrogen-bond acceptors (Lipinski definition) is 7. The van der Waals surface area contributed by atoms with Crippen molar-refractivity contribution in [2.24, 2.45) is 0 Å². The van der Waals surface area contributed by atoms with Crippen molar-refractivity contribution in [1.29, 1.82) is 0 Å². The Morgan fingerprint density at radius 1 is 1.05 bits per heavy atom. The SMILES string of the molecule is O=P([O-])([O-])[O-].O=c1[nH]c(=O)c2[nH]cnc2[nH]1.[K+].[K+].[K+]. The number of H-pyrrole nitrogens is 3. The molecule has 14 heteroatoms. The molecule has 19 heavy (non-hydrogen) atoms. The zero-order valence-electron chi connectivity index (χ0n) is 10.4. The normalized spacial score (nSPS) is 9.21. The molecule has 3 N–H and O–H groups in total. The van der Waals surface area contributed by atoms with Crippen LogP contribution in [0.2, 0.25) is 0 Å². The average molecular weight is 364 g/mol. The topological polar surface area (TPSA) is 181 Å². The van der Waals surface area contributed by atoms with Crippen LogP contribution in [-0.4, -0.2) is 19.9 Å². The molecule has 0 aromatic carbocycles. The van der Waals surface area contributed by atoms with Gasteiger partial charge in [0.05, 0.1) is 6.33 Å². The quantitative estimate of drug-likeness (QED) is 0.306. The number of fused-ring (bicyclic) bond motifs is 1. The minimum absolute atomic E-state index is 0. The van der Waals surface area contributed by atoms with Crippen molar-refractivity contribution in [3.05, 3.63) is 27.2 Å². The Labute approximate surface area is 233 Å². The van der Waals surface area contributed by atoms with Gasteiger partial charge in [0.15, 0.2) is 5.65 Å². The Morgan fingerprint density at radius 2 is 1.53 bits per heavy atom. The van der Waals surface area contributed by atoms with Gasteiger partial charge in [-0.25, -0.2) is 9.78 Å². The minimum Gasteiger partial charge on any atom is -0.822 e. The summed E-state index contributed by atoms with van der Waals surface area (Å²) in [5.74, 6) is 0. The van der Waals surface area contributed by atoms with Gasteiger partial charge in [-0.2, -0.15) is 7.82 Å². The first-order chi connectivity index (χ1) is 7.27. The molecule has 2 aromatic rings. The van der Waals surface area contributed by atoms with Crippen molar-refractivity contribution in [3.8, 4) is 0 Å². The smallest absolute Gasteiger partial charge is 0.822 e. The van der Waals surface area contributed by atoms with Gasteiger partial charge in [-0.05, 0) is 0 Å². The van der Waals surface area contributed by atoms with Gasteiger partial charge in [0.2, 0.25) is 0 Å². The number of nitrogens with zero attached hydrogens (tertiary/aromatic N) is 1. The Morgan fingerprint density at radius 3 is 2.00 bits per heavy atom. The summed E-state index contributed by atoms with van der Waals surface area (Å²) in [6.45, 7) is 0. The molecule has 2 heterocycles. The third-order valence-electron chi connectivity index (χ3n) is 1.33. The van der Waals surface area contributed by atoms with E-state index in [1.54, 1.807) is 0 Å². The molecule has 0 saturated heterocycles. The second-order valence-corrected chi connectivity index (χ2v) is 3.38. The van der Waals surface area contributed by atoms with Crippen molar-refractivity contribution in [3.63, 3.8) is 0 Å². The van der Waals surface area contributed by atoms with Gasteiger partial charge in [0.1, 0.15) is 5.52 Å². The number of aromatic amines is 3. The van der Waals surface area contributed by atoms with E-state index in [0.29, 0.717) is 0 Å². The molecule has 2 rings (SSSR count). The number of aromatic nitrogens is 4. The minimum atomic E-state index is -5.39. The maximum atomic E-state index is 10.9. The maximum Gasteiger partial charge on any atom is 1.00 e. The molecule has 88 valence electrons. The van der Waals surface area contributed by atoms with Crippen LogP contribution in [0, 0.1) is 0 Å². The van der Waals surface area contributed by atoms with Crippen LogP contribution >= 0.6 is 7.82 Å². The van der Waals surface area contributed by atoms with Crippen molar-refractivity contribution in [2.75, 3.05) is 0 Å². The molecule has 0 fully saturated rings. The van der Waals surface area contributed by atoms with Crippen molar-refractivity contribution < 1.29 is 173 Å². The second-order valence-electron chi connectivity index (χ2n) is 2.48. The summed E-state index contributed by atoms with van der Waals surface area (Å²) in [7, 11) is -5.39. The molecule has 10 nitrogen and oxygen atoms in total. The van der Waals surface area contributed by atoms with Crippen LogP contribution < -0.4 is 180 Å². The van der Waals surface area contributed by atoms with Crippen LogP contribution in [0.15, 0.2) is 15.9 Å². The summed E-state index contributed by atoms with van der Waals surface area (Å²) in [5.41, 5.74) is -0.445. The molecule has 2 aromatic heterocycles. The summed E-state index contributed by atoms with van der Waals surface area (Å²) in [5, 5.41) is 0. The molecule has 0 atom stereocenters. The fourth-order valence-electron chi connectivity index (χ4n) is 0.867. The summed E-state index contributed by atoms with van der Waals surface area (Å²) in [6, 6.07) is 0. The van der Waals surface area contributed by atoms with E-state index >= 15 is 0 Å². The van der Waals surface area contributed by atoms with Crippen LogP contribution in [0.5, 0.6) is 0 Å². The zero-order valence-corrected chi connectivity index (χ0v) is 20.7. The van der Waals surface area contributed by atoms with E-state index < -0.39 is 19.1 Å². The first kappa shape index (κ1) is 27.0. The second kappa shape index (κ2) is 12.6.